The first-order valence-corrected chi connectivity index (χ1v) is 7.88. The van der Waals surface area contributed by atoms with Gasteiger partial charge in [0.25, 0.3) is 10.2 Å². The SMILES string of the molecule is CC(C)NC(=O)N1CCCN(S(=O)(=O)N(C)C)CC1. The van der Waals surface area contributed by atoms with Crippen molar-refractivity contribution >= 4 is 16.2 Å². The Morgan fingerprint density at radius 1 is 1.16 bits per heavy atom. The zero-order valence-electron chi connectivity index (χ0n) is 12.1. The van der Waals surface area contributed by atoms with Crippen molar-refractivity contribution in [1.82, 2.24) is 18.8 Å². The van der Waals surface area contributed by atoms with Gasteiger partial charge in [-0.3, -0.25) is 0 Å². The van der Waals surface area contributed by atoms with Crippen LogP contribution in [0.5, 0.6) is 0 Å². The van der Waals surface area contributed by atoms with E-state index in [4.69, 9.17) is 0 Å². The van der Waals surface area contributed by atoms with Crippen LogP contribution >= 0.6 is 0 Å². The number of rotatable bonds is 3. The van der Waals surface area contributed by atoms with Gasteiger partial charge >= 0.3 is 6.03 Å². The smallest absolute Gasteiger partial charge is 0.317 e. The van der Waals surface area contributed by atoms with E-state index < -0.39 is 10.2 Å². The van der Waals surface area contributed by atoms with Crippen LogP contribution in [0.25, 0.3) is 0 Å². The molecule has 0 aromatic carbocycles. The quantitative estimate of drug-likeness (QED) is 0.790. The van der Waals surface area contributed by atoms with Gasteiger partial charge in [0.15, 0.2) is 0 Å². The molecule has 0 saturated carbocycles. The summed E-state index contributed by atoms with van der Waals surface area (Å²) >= 11 is 0. The summed E-state index contributed by atoms with van der Waals surface area (Å²) in [6.07, 6.45) is 0.651. The molecular weight excluding hydrogens is 268 g/mol. The maximum Gasteiger partial charge on any atom is 0.317 e. The fraction of sp³-hybridized carbons (Fsp3) is 0.909. The normalized spacial score (nSPS) is 18.7. The minimum absolute atomic E-state index is 0.0809. The van der Waals surface area contributed by atoms with Crippen molar-refractivity contribution in [3.05, 3.63) is 0 Å². The number of carbonyl (C=O) groups is 1. The zero-order valence-corrected chi connectivity index (χ0v) is 12.9. The summed E-state index contributed by atoms with van der Waals surface area (Å²) in [4.78, 5) is 13.6. The van der Waals surface area contributed by atoms with E-state index >= 15 is 0 Å². The molecule has 0 atom stereocenters. The van der Waals surface area contributed by atoms with Crippen LogP contribution in [-0.2, 0) is 10.2 Å². The lowest BCUT2D eigenvalue weighted by Crippen LogP contribution is -2.45. The van der Waals surface area contributed by atoms with Gasteiger partial charge in [-0.15, -0.1) is 0 Å². The van der Waals surface area contributed by atoms with E-state index in [0.29, 0.717) is 32.6 Å². The molecule has 1 rings (SSSR count). The summed E-state index contributed by atoms with van der Waals surface area (Å²) in [7, 11) is -0.353. The van der Waals surface area contributed by atoms with E-state index in [1.165, 1.54) is 22.7 Å². The lowest BCUT2D eigenvalue weighted by molar-refractivity contribution is 0.197. The van der Waals surface area contributed by atoms with Gasteiger partial charge in [0.05, 0.1) is 0 Å². The number of hydrogen-bond acceptors (Lipinski definition) is 3. The summed E-state index contributed by atoms with van der Waals surface area (Å²) < 4.78 is 26.7. The zero-order chi connectivity index (χ0) is 14.6. The Morgan fingerprint density at radius 3 is 2.32 bits per heavy atom. The van der Waals surface area contributed by atoms with Crippen molar-refractivity contribution in [3.63, 3.8) is 0 Å². The van der Waals surface area contributed by atoms with Gasteiger partial charge in [-0.25, -0.2) is 4.79 Å². The van der Waals surface area contributed by atoms with Crippen molar-refractivity contribution < 1.29 is 13.2 Å². The predicted octanol–water partition coefficient (Wildman–Crippen LogP) is -0.0815. The van der Waals surface area contributed by atoms with Crippen molar-refractivity contribution in [3.8, 4) is 0 Å². The third kappa shape index (κ3) is 4.32. The van der Waals surface area contributed by atoms with Crippen LogP contribution in [0.2, 0.25) is 0 Å². The molecule has 1 saturated heterocycles. The van der Waals surface area contributed by atoms with E-state index in [-0.39, 0.29) is 12.1 Å². The van der Waals surface area contributed by atoms with Crippen LogP contribution in [0.1, 0.15) is 20.3 Å². The average Bonchev–Trinajstić information content (AvgIpc) is 2.53. The molecule has 0 aromatic rings. The summed E-state index contributed by atoms with van der Waals surface area (Å²) in [5.41, 5.74) is 0. The fourth-order valence-corrected chi connectivity index (χ4v) is 3.03. The highest BCUT2D eigenvalue weighted by Crippen LogP contribution is 2.10. The molecule has 0 radical (unpaired) electrons. The average molecular weight is 292 g/mol. The van der Waals surface area contributed by atoms with Crippen molar-refractivity contribution in [1.29, 1.82) is 0 Å². The lowest BCUT2D eigenvalue weighted by Gasteiger charge is -2.24. The molecule has 0 aliphatic carbocycles. The molecule has 0 aromatic heterocycles. The number of hydrogen-bond donors (Lipinski definition) is 1. The van der Waals surface area contributed by atoms with Crippen molar-refractivity contribution in [2.75, 3.05) is 40.3 Å². The van der Waals surface area contributed by atoms with Gasteiger partial charge in [-0.05, 0) is 20.3 Å². The van der Waals surface area contributed by atoms with Crippen LogP contribution in [0.4, 0.5) is 4.79 Å². The molecule has 0 bridgehead atoms. The minimum Gasteiger partial charge on any atom is -0.336 e. The molecule has 1 aliphatic heterocycles. The molecule has 112 valence electrons. The first-order valence-electron chi connectivity index (χ1n) is 6.48. The monoisotopic (exact) mass is 292 g/mol. The Hall–Kier alpha value is -0.860. The third-order valence-corrected chi connectivity index (χ3v) is 4.88. The van der Waals surface area contributed by atoms with Crippen LogP contribution in [0.3, 0.4) is 0 Å². The van der Waals surface area contributed by atoms with E-state index in [1.54, 1.807) is 4.90 Å². The molecule has 1 fully saturated rings. The molecule has 2 amide bonds. The highest BCUT2D eigenvalue weighted by atomic mass is 32.2. The third-order valence-electron chi connectivity index (χ3n) is 2.94. The second-order valence-corrected chi connectivity index (χ2v) is 7.28. The van der Waals surface area contributed by atoms with Crippen LogP contribution < -0.4 is 5.32 Å². The highest BCUT2D eigenvalue weighted by Gasteiger charge is 2.28. The number of nitrogens with zero attached hydrogens (tertiary/aromatic N) is 3. The van der Waals surface area contributed by atoms with E-state index in [2.05, 4.69) is 5.32 Å². The molecule has 1 heterocycles. The van der Waals surface area contributed by atoms with Crippen LogP contribution in [0, 0.1) is 0 Å². The Morgan fingerprint density at radius 2 is 1.79 bits per heavy atom. The second-order valence-electron chi connectivity index (χ2n) is 5.13. The molecule has 0 unspecified atom stereocenters. The topological polar surface area (TPSA) is 73.0 Å². The van der Waals surface area contributed by atoms with E-state index in [0.717, 1.165) is 0 Å². The molecule has 7 nitrogen and oxygen atoms in total. The molecule has 0 spiro atoms. The van der Waals surface area contributed by atoms with Crippen LogP contribution in [0.15, 0.2) is 0 Å². The minimum atomic E-state index is -3.39. The molecular formula is C11H24N4O3S. The number of nitrogens with one attached hydrogen (secondary N) is 1. The maximum absolute atomic E-state index is 12.0. The molecule has 1 aliphatic rings. The number of amides is 2. The Kier molecular flexibility index (Phi) is 5.57. The Balaban J connectivity index is 2.64. The number of urea groups is 1. The second kappa shape index (κ2) is 6.53. The predicted molar refractivity (Wildman–Crippen MR) is 74.0 cm³/mol. The molecule has 19 heavy (non-hydrogen) atoms. The summed E-state index contributed by atoms with van der Waals surface area (Å²) in [6.45, 7) is 5.60. The molecule has 1 N–H and O–H groups in total. The largest absolute Gasteiger partial charge is 0.336 e. The molecule has 8 heteroatoms. The standard InChI is InChI=1S/C11H24N4O3S/c1-10(2)12-11(16)14-6-5-7-15(9-8-14)19(17,18)13(3)4/h10H,5-9H2,1-4H3,(H,12,16). The fourth-order valence-electron chi connectivity index (χ4n) is 1.90. The van der Waals surface area contributed by atoms with E-state index in [1.807, 2.05) is 13.8 Å². The van der Waals surface area contributed by atoms with Crippen molar-refractivity contribution in [2.24, 2.45) is 0 Å². The maximum atomic E-state index is 12.0. The van der Waals surface area contributed by atoms with Gasteiger partial charge in [0.2, 0.25) is 0 Å². The van der Waals surface area contributed by atoms with Crippen molar-refractivity contribution in [2.45, 2.75) is 26.3 Å². The highest BCUT2D eigenvalue weighted by molar-refractivity contribution is 7.86. The summed E-state index contributed by atoms with van der Waals surface area (Å²) in [5.74, 6) is 0. The summed E-state index contributed by atoms with van der Waals surface area (Å²) in [6, 6.07) is -0.0449. The van der Waals surface area contributed by atoms with Crippen LogP contribution in [-0.4, -0.2) is 74.3 Å². The Bertz CT molecular complexity index is 408. The van der Waals surface area contributed by atoms with Gasteiger partial charge in [0, 0.05) is 46.3 Å². The first kappa shape index (κ1) is 16.2. The van der Waals surface area contributed by atoms with Gasteiger partial charge in [0.1, 0.15) is 0 Å². The first-order chi connectivity index (χ1) is 8.75. The van der Waals surface area contributed by atoms with Gasteiger partial charge < -0.3 is 10.2 Å². The van der Waals surface area contributed by atoms with Gasteiger partial charge in [-0.1, -0.05) is 0 Å². The number of carbonyl (C=O) groups excluding carboxylic acids is 1. The summed E-state index contributed by atoms with van der Waals surface area (Å²) in [5, 5.41) is 2.83. The lowest BCUT2D eigenvalue weighted by atomic mass is 10.4. The Labute approximate surface area is 115 Å². The van der Waals surface area contributed by atoms with E-state index in [9.17, 15) is 13.2 Å². The van der Waals surface area contributed by atoms with Gasteiger partial charge in [-0.2, -0.15) is 17.0 Å².